The molecule has 4 rings (SSSR count). The number of rotatable bonds is 6. The Balaban J connectivity index is 1.41. The van der Waals surface area contributed by atoms with Crippen molar-refractivity contribution >= 4 is 17.8 Å². The number of piperazine rings is 1. The van der Waals surface area contributed by atoms with E-state index in [9.17, 15) is 9.59 Å². The van der Waals surface area contributed by atoms with Gasteiger partial charge in [-0.1, -0.05) is 55.3 Å². The van der Waals surface area contributed by atoms with Gasteiger partial charge in [0.2, 0.25) is 11.9 Å². The molecule has 2 aromatic carbocycles. The second kappa shape index (κ2) is 9.59. The molecule has 1 aliphatic heterocycles. The Kier molecular flexibility index (Phi) is 6.44. The summed E-state index contributed by atoms with van der Waals surface area (Å²) < 4.78 is 1.70. The lowest BCUT2D eigenvalue weighted by Crippen LogP contribution is -2.56. The molecule has 9 heteroatoms. The molecule has 0 bridgehead atoms. The quantitative estimate of drug-likeness (QED) is 0.637. The van der Waals surface area contributed by atoms with Crippen LogP contribution >= 0.6 is 0 Å². The molecular formula is C23H27N7O2. The molecule has 1 atom stereocenters. The van der Waals surface area contributed by atoms with Crippen molar-refractivity contribution in [2.75, 3.05) is 31.1 Å². The van der Waals surface area contributed by atoms with Gasteiger partial charge < -0.3 is 15.1 Å². The summed E-state index contributed by atoms with van der Waals surface area (Å²) in [5, 5.41) is 15.1. The molecule has 166 valence electrons. The van der Waals surface area contributed by atoms with Crippen molar-refractivity contribution in [1.29, 1.82) is 0 Å². The highest BCUT2D eigenvalue weighted by molar-refractivity contribution is 5.97. The Hall–Kier alpha value is -3.75. The number of nitrogens with zero attached hydrogens (tertiary/aromatic N) is 6. The fraction of sp³-hybridized carbons (Fsp3) is 0.348. The molecule has 32 heavy (non-hydrogen) atoms. The highest BCUT2D eigenvalue weighted by atomic mass is 16.2. The van der Waals surface area contributed by atoms with Gasteiger partial charge in [-0.25, -0.2) is 0 Å². The van der Waals surface area contributed by atoms with Gasteiger partial charge in [0.1, 0.15) is 6.04 Å². The van der Waals surface area contributed by atoms with Crippen molar-refractivity contribution < 1.29 is 9.59 Å². The number of hydrogen-bond acceptors (Lipinski definition) is 6. The normalized spacial score (nSPS) is 15.0. The van der Waals surface area contributed by atoms with Gasteiger partial charge in [0, 0.05) is 31.7 Å². The van der Waals surface area contributed by atoms with Crippen LogP contribution in [0.3, 0.4) is 0 Å². The van der Waals surface area contributed by atoms with Gasteiger partial charge in [0.15, 0.2) is 0 Å². The maximum absolute atomic E-state index is 13.2. The van der Waals surface area contributed by atoms with Crippen molar-refractivity contribution in [3.8, 4) is 5.69 Å². The summed E-state index contributed by atoms with van der Waals surface area (Å²) in [6.45, 7) is 6.17. The molecule has 1 aromatic heterocycles. The third-order valence-electron chi connectivity index (χ3n) is 5.58. The van der Waals surface area contributed by atoms with E-state index in [0.29, 0.717) is 37.7 Å². The van der Waals surface area contributed by atoms with Crippen molar-refractivity contribution in [2.45, 2.75) is 19.9 Å². The van der Waals surface area contributed by atoms with E-state index in [1.54, 1.807) is 16.8 Å². The van der Waals surface area contributed by atoms with Gasteiger partial charge in [-0.15, -0.1) is 0 Å². The minimum absolute atomic E-state index is 0.0291. The zero-order valence-electron chi connectivity index (χ0n) is 18.3. The zero-order valence-corrected chi connectivity index (χ0v) is 18.3. The number of amides is 2. The summed E-state index contributed by atoms with van der Waals surface area (Å²) >= 11 is 0. The molecule has 1 N–H and O–H groups in total. The molecule has 2 amide bonds. The number of nitrogens with one attached hydrogen (secondary N) is 1. The lowest BCUT2D eigenvalue weighted by atomic mass is 10.0. The van der Waals surface area contributed by atoms with Gasteiger partial charge in [0.25, 0.3) is 5.91 Å². The smallest absolute Gasteiger partial charge is 0.251 e. The molecule has 0 spiro atoms. The number of benzene rings is 2. The Morgan fingerprint density at radius 1 is 0.906 bits per heavy atom. The first-order valence-electron chi connectivity index (χ1n) is 10.8. The van der Waals surface area contributed by atoms with Crippen LogP contribution in [0, 0.1) is 5.92 Å². The molecule has 3 aromatic rings. The van der Waals surface area contributed by atoms with E-state index < -0.39 is 6.04 Å². The Morgan fingerprint density at radius 2 is 1.53 bits per heavy atom. The first kappa shape index (κ1) is 21.5. The van der Waals surface area contributed by atoms with E-state index in [0.717, 1.165) is 5.69 Å². The third kappa shape index (κ3) is 4.61. The number of carbonyl (C=O) groups excluding carboxylic acids is 2. The standard InChI is InChI=1S/C23H27N7O2/c1-17(2)20(24-21(31)18-9-5-3-6-10-18)22(32)28-13-15-29(16-14-28)23-25-26-27-30(23)19-11-7-4-8-12-19/h3-12,17,20H,13-16H2,1-2H3,(H,24,31). The van der Waals surface area contributed by atoms with E-state index in [1.165, 1.54) is 0 Å². The van der Waals surface area contributed by atoms with Crippen molar-refractivity contribution in [3.63, 3.8) is 0 Å². The van der Waals surface area contributed by atoms with Crippen LogP contribution in [0.25, 0.3) is 5.69 Å². The molecule has 9 nitrogen and oxygen atoms in total. The number of para-hydroxylation sites is 1. The van der Waals surface area contributed by atoms with Crippen LogP contribution in [-0.4, -0.2) is 69.1 Å². The van der Waals surface area contributed by atoms with Crippen LogP contribution in [0.1, 0.15) is 24.2 Å². The van der Waals surface area contributed by atoms with E-state index in [2.05, 4.69) is 25.7 Å². The summed E-state index contributed by atoms with van der Waals surface area (Å²) in [5.41, 5.74) is 1.43. The lowest BCUT2D eigenvalue weighted by Gasteiger charge is -2.37. The molecule has 1 fully saturated rings. The number of anilines is 1. The number of tetrazole rings is 1. The molecule has 0 radical (unpaired) electrons. The third-order valence-corrected chi connectivity index (χ3v) is 5.58. The van der Waals surface area contributed by atoms with Gasteiger partial charge in [-0.3, -0.25) is 9.59 Å². The van der Waals surface area contributed by atoms with Gasteiger partial charge >= 0.3 is 0 Å². The largest absolute Gasteiger partial charge is 0.340 e. The summed E-state index contributed by atoms with van der Waals surface area (Å²) in [7, 11) is 0. The monoisotopic (exact) mass is 433 g/mol. The first-order chi connectivity index (χ1) is 15.5. The molecule has 0 saturated carbocycles. The van der Waals surface area contributed by atoms with E-state index in [1.807, 2.05) is 67.3 Å². The van der Waals surface area contributed by atoms with Crippen LogP contribution in [0.15, 0.2) is 60.7 Å². The fourth-order valence-corrected chi connectivity index (χ4v) is 3.77. The highest BCUT2D eigenvalue weighted by Crippen LogP contribution is 2.18. The van der Waals surface area contributed by atoms with Crippen LogP contribution in [-0.2, 0) is 4.79 Å². The summed E-state index contributed by atoms with van der Waals surface area (Å²) in [6, 6.07) is 18.1. The fourth-order valence-electron chi connectivity index (χ4n) is 3.77. The second-order valence-corrected chi connectivity index (χ2v) is 8.10. The van der Waals surface area contributed by atoms with E-state index in [-0.39, 0.29) is 17.7 Å². The molecule has 1 saturated heterocycles. The summed E-state index contributed by atoms with van der Waals surface area (Å²) in [6.07, 6.45) is 0. The number of hydrogen-bond donors (Lipinski definition) is 1. The SMILES string of the molecule is CC(C)C(NC(=O)c1ccccc1)C(=O)N1CCN(c2nnnn2-c2ccccc2)CC1. The maximum Gasteiger partial charge on any atom is 0.251 e. The average Bonchev–Trinajstić information content (AvgIpc) is 3.33. The molecule has 1 unspecified atom stereocenters. The highest BCUT2D eigenvalue weighted by Gasteiger charge is 2.32. The zero-order chi connectivity index (χ0) is 22.5. The minimum atomic E-state index is -0.580. The van der Waals surface area contributed by atoms with E-state index in [4.69, 9.17) is 0 Å². The second-order valence-electron chi connectivity index (χ2n) is 8.10. The van der Waals surface area contributed by atoms with E-state index >= 15 is 0 Å². The predicted octanol–water partition coefficient (Wildman–Crippen LogP) is 1.77. The number of aromatic nitrogens is 4. The van der Waals surface area contributed by atoms with Crippen molar-refractivity contribution in [1.82, 2.24) is 30.4 Å². The Bertz CT molecular complexity index is 1040. The lowest BCUT2D eigenvalue weighted by molar-refractivity contribution is -0.134. The van der Waals surface area contributed by atoms with Crippen molar-refractivity contribution in [3.05, 3.63) is 66.2 Å². The molecule has 0 aliphatic carbocycles. The summed E-state index contributed by atoms with van der Waals surface area (Å²) in [4.78, 5) is 29.7. The maximum atomic E-state index is 13.2. The van der Waals surface area contributed by atoms with Crippen LogP contribution < -0.4 is 10.2 Å². The van der Waals surface area contributed by atoms with Crippen LogP contribution in [0.5, 0.6) is 0 Å². The number of carbonyl (C=O) groups is 2. The van der Waals surface area contributed by atoms with Gasteiger partial charge in [-0.2, -0.15) is 4.68 Å². The molecule has 2 heterocycles. The van der Waals surface area contributed by atoms with Crippen LogP contribution in [0.2, 0.25) is 0 Å². The first-order valence-corrected chi connectivity index (χ1v) is 10.8. The Labute approximate surface area is 187 Å². The molecular weight excluding hydrogens is 406 g/mol. The van der Waals surface area contributed by atoms with Gasteiger partial charge in [-0.05, 0) is 40.6 Å². The van der Waals surface area contributed by atoms with Crippen LogP contribution in [0.4, 0.5) is 5.95 Å². The topological polar surface area (TPSA) is 96.2 Å². The minimum Gasteiger partial charge on any atom is -0.340 e. The van der Waals surface area contributed by atoms with Crippen molar-refractivity contribution in [2.24, 2.45) is 5.92 Å². The van der Waals surface area contributed by atoms with Gasteiger partial charge in [0.05, 0.1) is 5.69 Å². The molecule has 1 aliphatic rings. The summed E-state index contributed by atoms with van der Waals surface area (Å²) in [5.74, 6) is 0.324. The Morgan fingerprint density at radius 3 is 2.16 bits per heavy atom. The predicted molar refractivity (Wildman–Crippen MR) is 120 cm³/mol. The average molecular weight is 434 g/mol.